The summed E-state index contributed by atoms with van der Waals surface area (Å²) in [5, 5.41) is 6.89. The van der Waals surface area contributed by atoms with E-state index in [1.165, 1.54) is 17.8 Å². The maximum absolute atomic E-state index is 13.3. The highest BCUT2D eigenvalue weighted by molar-refractivity contribution is 5.96. The minimum Gasteiger partial charge on any atom is -0.483 e. The highest BCUT2D eigenvalue weighted by Crippen LogP contribution is 2.53. The Morgan fingerprint density at radius 2 is 1.90 bits per heavy atom. The van der Waals surface area contributed by atoms with Crippen molar-refractivity contribution in [2.24, 2.45) is 12.5 Å². The molecule has 0 spiro atoms. The quantitative estimate of drug-likeness (QED) is 0.670. The molecule has 30 heavy (non-hydrogen) atoms. The molecular formula is C20H28N4O6. The number of hydrogen-bond acceptors (Lipinski definition) is 5. The van der Waals surface area contributed by atoms with Gasteiger partial charge in [0, 0.05) is 38.4 Å². The average molecular weight is 420 g/mol. The summed E-state index contributed by atoms with van der Waals surface area (Å²) in [7, 11) is 1.50. The molecule has 10 heteroatoms. The number of H-pyrrole nitrogens is 1. The number of aryl methyl sites for hydroxylation is 1. The number of rotatable bonds is 3. The smallest absolute Gasteiger partial charge is 0.328 e. The van der Waals surface area contributed by atoms with Gasteiger partial charge in [-0.1, -0.05) is 6.92 Å². The molecule has 1 aromatic rings. The zero-order chi connectivity index (χ0) is 22.1. The van der Waals surface area contributed by atoms with Crippen molar-refractivity contribution < 1.29 is 19.5 Å². The van der Waals surface area contributed by atoms with Crippen LogP contribution in [0.15, 0.2) is 15.8 Å². The van der Waals surface area contributed by atoms with Gasteiger partial charge in [-0.05, 0) is 38.5 Å². The van der Waals surface area contributed by atoms with Gasteiger partial charge < -0.3 is 19.5 Å². The van der Waals surface area contributed by atoms with Gasteiger partial charge in [0.15, 0.2) is 0 Å². The number of carbonyl (C=O) groups is 3. The van der Waals surface area contributed by atoms with Crippen molar-refractivity contribution >= 4 is 18.3 Å². The second kappa shape index (κ2) is 8.45. The number of nitrogens with one attached hydrogen (secondary N) is 1. The predicted molar refractivity (Wildman–Crippen MR) is 107 cm³/mol. The zero-order valence-corrected chi connectivity index (χ0v) is 17.3. The van der Waals surface area contributed by atoms with Gasteiger partial charge in [0.1, 0.15) is 5.56 Å². The first-order chi connectivity index (χ1) is 14.3. The van der Waals surface area contributed by atoms with E-state index in [1.54, 1.807) is 4.90 Å². The number of nitrogens with zero attached hydrogens (tertiary/aromatic N) is 3. The van der Waals surface area contributed by atoms with Crippen LogP contribution in [0.5, 0.6) is 0 Å². The summed E-state index contributed by atoms with van der Waals surface area (Å²) in [5.41, 5.74) is -1.79. The lowest BCUT2D eigenvalue weighted by atomic mass is 9.71. The van der Waals surface area contributed by atoms with Crippen LogP contribution in [-0.4, -0.2) is 67.9 Å². The van der Waals surface area contributed by atoms with Crippen LogP contribution >= 0.6 is 0 Å². The first-order valence-electron chi connectivity index (χ1n) is 10.3. The third-order valence-corrected chi connectivity index (χ3v) is 6.76. The fourth-order valence-corrected chi connectivity index (χ4v) is 5.34. The van der Waals surface area contributed by atoms with E-state index in [9.17, 15) is 19.2 Å². The largest absolute Gasteiger partial charge is 0.483 e. The average Bonchev–Trinajstić information content (AvgIpc) is 3.45. The van der Waals surface area contributed by atoms with E-state index in [0.29, 0.717) is 12.8 Å². The van der Waals surface area contributed by atoms with Crippen LogP contribution in [-0.2, 0) is 16.6 Å². The summed E-state index contributed by atoms with van der Waals surface area (Å²) in [5.74, 6) is -0.203. The van der Waals surface area contributed by atoms with Crippen LogP contribution in [0.4, 0.5) is 0 Å². The minimum atomic E-state index is -0.664. The first kappa shape index (κ1) is 21.8. The maximum Gasteiger partial charge on any atom is 0.328 e. The monoisotopic (exact) mass is 420 g/mol. The van der Waals surface area contributed by atoms with Gasteiger partial charge >= 0.3 is 5.69 Å². The standard InChI is InChI=1S/C19H26N4O4.CH2O2/c1-3-19(17(26)22-8-4-5-9-22)10-12-6-7-14(19)23(12)16(25)13-11-21(2)18(27)20-15(13)24;2-1-3/h11-12,14H,3-10H2,1-2H3,(H,20,24,27);1H,(H,2,3)/t12-,14+,19+;/m1./s1. The van der Waals surface area contributed by atoms with E-state index in [2.05, 4.69) is 4.98 Å². The number of carboxylic acid groups (broad SMARTS) is 1. The first-order valence-corrected chi connectivity index (χ1v) is 10.3. The predicted octanol–water partition coefficient (Wildman–Crippen LogP) is 0.170. The summed E-state index contributed by atoms with van der Waals surface area (Å²) in [6.07, 6.45) is 6.38. The van der Waals surface area contributed by atoms with Gasteiger partial charge in [-0.25, -0.2) is 4.79 Å². The van der Waals surface area contributed by atoms with E-state index < -0.39 is 16.7 Å². The Bertz CT molecular complexity index is 947. The Hall–Kier alpha value is -2.91. The molecule has 3 atom stereocenters. The van der Waals surface area contributed by atoms with E-state index in [-0.39, 0.29) is 35.9 Å². The van der Waals surface area contributed by atoms with Gasteiger partial charge in [0.2, 0.25) is 5.91 Å². The number of carbonyl (C=O) groups excluding carboxylic acids is 2. The summed E-state index contributed by atoms with van der Waals surface area (Å²) in [6, 6.07) is -0.199. The topological polar surface area (TPSA) is 133 Å². The number of aromatic amines is 1. The van der Waals surface area contributed by atoms with Crippen molar-refractivity contribution in [3.63, 3.8) is 0 Å². The van der Waals surface area contributed by atoms with E-state index >= 15 is 0 Å². The van der Waals surface area contributed by atoms with Crippen LogP contribution in [0, 0.1) is 5.41 Å². The third-order valence-electron chi connectivity index (χ3n) is 6.76. The molecule has 4 rings (SSSR count). The molecule has 3 fully saturated rings. The number of amides is 2. The Morgan fingerprint density at radius 3 is 2.50 bits per heavy atom. The molecule has 4 heterocycles. The Labute approximate surface area is 173 Å². The van der Waals surface area contributed by atoms with Crippen molar-refractivity contribution in [3.8, 4) is 0 Å². The number of aromatic nitrogens is 2. The van der Waals surface area contributed by atoms with Crippen molar-refractivity contribution in [1.29, 1.82) is 0 Å². The van der Waals surface area contributed by atoms with Gasteiger partial charge in [0.05, 0.1) is 5.41 Å². The third kappa shape index (κ3) is 3.44. The molecule has 3 aliphatic heterocycles. The molecule has 0 aromatic carbocycles. The number of likely N-dealkylation sites (tertiary alicyclic amines) is 1. The van der Waals surface area contributed by atoms with Gasteiger partial charge in [-0.15, -0.1) is 0 Å². The summed E-state index contributed by atoms with van der Waals surface area (Å²) in [4.78, 5) is 64.6. The highest BCUT2D eigenvalue weighted by Gasteiger charge is 2.61. The lowest BCUT2D eigenvalue weighted by Crippen LogP contribution is -2.51. The molecule has 10 nitrogen and oxygen atoms in total. The second-order valence-corrected chi connectivity index (χ2v) is 8.19. The van der Waals surface area contributed by atoms with Crippen molar-refractivity contribution in [2.45, 2.75) is 57.5 Å². The lowest BCUT2D eigenvalue weighted by molar-refractivity contribution is -0.143. The fourth-order valence-electron chi connectivity index (χ4n) is 5.34. The Kier molecular flexibility index (Phi) is 6.14. The molecule has 0 saturated carbocycles. The molecule has 2 N–H and O–H groups in total. The summed E-state index contributed by atoms with van der Waals surface area (Å²) >= 11 is 0. The molecule has 0 aliphatic carbocycles. The van der Waals surface area contributed by atoms with Crippen molar-refractivity contribution in [2.75, 3.05) is 13.1 Å². The summed E-state index contributed by atoms with van der Waals surface area (Å²) < 4.78 is 1.20. The van der Waals surface area contributed by atoms with Crippen LogP contribution in [0.25, 0.3) is 0 Å². The van der Waals surface area contributed by atoms with Gasteiger partial charge in [-0.2, -0.15) is 0 Å². The number of fused-ring (bicyclic) bond motifs is 2. The van der Waals surface area contributed by atoms with Gasteiger partial charge in [0.25, 0.3) is 17.9 Å². The van der Waals surface area contributed by atoms with E-state index in [1.807, 2.05) is 11.8 Å². The van der Waals surface area contributed by atoms with Crippen LogP contribution in [0.2, 0.25) is 0 Å². The Balaban J connectivity index is 0.000000806. The molecule has 3 aliphatic rings. The maximum atomic E-state index is 13.3. The molecule has 0 radical (unpaired) electrons. The second-order valence-electron chi connectivity index (χ2n) is 8.19. The molecule has 1 aromatic heterocycles. The van der Waals surface area contributed by atoms with Gasteiger partial charge in [-0.3, -0.25) is 24.2 Å². The molecule has 0 unspecified atom stereocenters. The zero-order valence-electron chi connectivity index (χ0n) is 17.3. The highest BCUT2D eigenvalue weighted by atomic mass is 16.3. The SMILES string of the molecule is CC[C@]1(C(=O)N2CCCC2)C[C@H]2CC[C@@H]1N2C(=O)c1cn(C)c(=O)[nH]c1=O.O=CO. The lowest BCUT2D eigenvalue weighted by Gasteiger charge is -2.38. The molecule has 164 valence electrons. The fraction of sp³-hybridized carbons (Fsp3) is 0.650. The normalized spacial score (nSPS) is 27.0. The van der Waals surface area contributed by atoms with Crippen LogP contribution < -0.4 is 11.2 Å². The molecule has 3 saturated heterocycles. The summed E-state index contributed by atoms with van der Waals surface area (Å²) in [6.45, 7) is 3.37. The van der Waals surface area contributed by atoms with Crippen LogP contribution in [0.3, 0.4) is 0 Å². The molecule has 2 amide bonds. The molecule has 2 bridgehead atoms. The minimum absolute atomic E-state index is 0.0226. The van der Waals surface area contributed by atoms with E-state index in [0.717, 1.165) is 38.8 Å². The molecular weight excluding hydrogens is 392 g/mol. The van der Waals surface area contributed by atoms with Crippen molar-refractivity contribution in [3.05, 3.63) is 32.6 Å². The number of hydrogen-bond donors (Lipinski definition) is 2. The van der Waals surface area contributed by atoms with Crippen molar-refractivity contribution in [1.82, 2.24) is 19.4 Å². The Morgan fingerprint density at radius 1 is 1.27 bits per heavy atom. The van der Waals surface area contributed by atoms with Crippen LogP contribution in [0.1, 0.15) is 55.8 Å². The van der Waals surface area contributed by atoms with E-state index in [4.69, 9.17) is 9.90 Å².